The van der Waals surface area contributed by atoms with Gasteiger partial charge in [-0.05, 0) is 18.2 Å². The van der Waals surface area contributed by atoms with Gasteiger partial charge in [0.2, 0.25) is 5.91 Å². The number of rotatable bonds is 6. The fraction of sp³-hybridized carbons (Fsp3) is 0.400. The Hall–Kier alpha value is -2.60. The van der Waals surface area contributed by atoms with E-state index in [0.717, 1.165) is 12.3 Å². The van der Waals surface area contributed by atoms with Crippen LogP contribution in [0.25, 0.3) is 0 Å². The Morgan fingerprint density at radius 1 is 1.42 bits per heavy atom. The number of nitriles is 1. The minimum absolute atomic E-state index is 0.0853. The largest absolute Gasteiger partial charge is 0.417 e. The first kappa shape index (κ1) is 17.7. The molecule has 0 radical (unpaired) electrons. The van der Waals surface area contributed by atoms with Gasteiger partial charge < -0.3 is 15.5 Å². The van der Waals surface area contributed by atoms with Gasteiger partial charge in [-0.2, -0.15) is 18.4 Å². The van der Waals surface area contributed by atoms with E-state index in [1.54, 1.807) is 12.2 Å². The van der Waals surface area contributed by atoms with Crippen molar-refractivity contribution in [3.8, 4) is 6.07 Å². The Balaban J connectivity index is 1.66. The Kier molecular flexibility index (Phi) is 5.76. The van der Waals surface area contributed by atoms with E-state index in [9.17, 15) is 18.0 Å². The molecule has 128 valence electrons. The molecule has 6 nitrogen and oxygen atoms in total. The molecule has 2 rings (SSSR count). The number of amides is 1. The first-order valence-electron chi connectivity index (χ1n) is 7.25. The monoisotopic (exact) mass is 339 g/mol. The highest BCUT2D eigenvalue weighted by Crippen LogP contribution is 2.28. The van der Waals surface area contributed by atoms with Crippen LogP contribution >= 0.6 is 0 Å². The second-order valence-electron chi connectivity index (χ2n) is 5.08. The standard InChI is InChI=1S/C15H16F3N5O/c16-15(17,18)11-3-4-13(22-9-11)21-6-5-20-10-14(24)23-7-1-2-12(23)8-19/h1-4,9,12,20H,5-7,10H2,(H,21,22). The van der Waals surface area contributed by atoms with Crippen LogP contribution in [0.15, 0.2) is 30.5 Å². The molecule has 1 unspecified atom stereocenters. The summed E-state index contributed by atoms with van der Waals surface area (Å²) in [5, 5.41) is 14.7. The molecule has 0 fully saturated rings. The zero-order chi connectivity index (χ0) is 17.6. The Bertz CT molecular complexity index is 636. The molecule has 0 saturated heterocycles. The van der Waals surface area contributed by atoms with Crippen LogP contribution in [0.3, 0.4) is 0 Å². The van der Waals surface area contributed by atoms with Crippen molar-refractivity contribution in [1.82, 2.24) is 15.2 Å². The number of carbonyl (C=O) groups is 1. The molecule has 1 atom stereocenters. The number of carbonyl (C=O) groups excluding carboxylic acids is 1. The normalized spacial score (nSPS) is 16.9. The third-order valence-corrected chi connectivity index (χ3v) is 3.38. The van der Waals surface area contributed by atoms with E-state index in [-0.39, 0.29) is 12.5 Å². The Labute approximate surface area is 137 Å². The van der Waals surface area contributed by atoms with Gasteiger partial charge in [0.05, 0.1) is 18.2 Å². The molecule has 1 aromatic heterocycles. The van der Waals surface area contributed by atoms with Crippen LogP contribution in [-0.2, 0) is 11.0 Å². The number of nitrogens with one attached hydrogen (secondary N) is 2. The molecule has 1 aromatic rings. The highest BCUT2D eigenvalue weighted by Gasteiger charge is 2.30. The van der Waals surface area contributed by atoms with Gasteiger partial charge in [0.1, 0.15) is 11.9 Å². The molecule has 24 heavy (non-hydrogen) atoms. The van der Waals surface area contributed by atoms with Crippen LogP contribution in [0.1, 0.15) is 5.56 Å². The number of anilines is 1. The summed E-state index contributed by atoms with van der Waals surface area (Å²) in [7, 11) is 0. The van der Waals surface area contributed by atoms with E-state index >= 15 is 0 Å². The third kappa shape index (κ3) is 4.70. The maximum absolute atomic E-state index is 12.4. The van der Waals surface area contributed by atoms with Gasteiger partial charge >= 0.3 is 6.18 Å². The summed E-state index contributed by atoms with van der Waals surface area (Å²) in [6.45, 7) is 1.33. The number of hydrogen-bond donors (Lipinski definition) is 2. The van der Waals surface area contributed by atoms with E-state index in [0.29, 0.717) is 25.5 Å². The van der Waals surface area contributed by atoms with Crippen LogP contribution in [0.2, 0.25) is 0 Å². The number of halogens is 3. The van der Waals surface area contributed by atoms with E-state index in [2.05, 4.69) is 15.6 Å². The summed E-state index contributed by atoms with van der Waals surface area (Å²) in [5.41, 5.74) is -0.803. The van der Waals surface area contributed by atoms with E-state index in [1.165, 1.54) is 11.0 Å². The van der Waals surface area contributed by atoms with Crippen LogP contribution < -0.4 is 10.6 Å². The maximum atomic E-state index is 12.4. The van der Waals surface area contributed by atoms with Gasteiger partial charge in [-0.3, -0.25) is 4.79 Å². The van der Waals surface area contributed by atoms with Crippen molar-refractivity contribution in [2.45, 2.75) is 12.2 Å². The van der Waals surface area contributed by atoms with Gasteiger partial charge in [-0.15, -0.1) is 0 Å². The van der Waals surface area contributed by atoms with Crippen molar-refractivity contribution in [2.75, 3.05) is 31.5 Å². The second-order valence-corrected chi connectivity index (χ2v) is 5.08. The molecular formula is C15H16F3N5O. The summed E-state index contributed by atoms with van der Waals surface area (Å²) in [4.78, 5) is 17.1. The molecule has 1 aliphatic heterocycles. The summed E-state index contributed by atoms with van der Waals surface area (Å²) in [5.74, 6) is 0.142. The molecule has 9 heteroatoms. The van der Waals surface area contributed by atoms with Crippen LogP contribution in [0.4, 0.5) is 19.0 Å². The van der Waals surface area contributed by atoms with Gasteiger partial charge in [-0.1, -0.05) is 6.08 Å². The lowest BCUT2D eigenvalue weighted by atomic mass is 10.3. The topological polar surface area (TPSA) is 81.0 Å². The van der Waals surface area contributed by atoms with Crippen molar-refractivity contribution in [3.05, 3.63) is 36.0 Å². The predicted octanol–water partition coefficient (Wildman–Crippen LogP) is 1.39. The lowest BCUT2D eigenvalue weighted by Gasteiger charge is -2.19. The fourth-order valence-electron chi connectivity index (χ4n) is 2.13. The van der Waals surface area contributed by atoms with Crippen LogP contribution in [0, 0.1) is 11.3 Å². The SMILES string of the molecule is N#CC1C=CCN1C(=O)CNCCNc1ccc(C(F)(F)F)cn1. The number of aromatic nitrogens is 1. The Morgan fingerprint density at radius 2 is 2.21 bits per heavy atom. The zero-order valence-electron chi connectivity index (χ0n) is 12.7. The maximum Gasteiger partial charge on any atom is 0.417 e. The molecule has 0 aliphatic carbocycles. The predicted molar refractivity (Wildman–Crippen MR) is 80.9 cm³/mol. The molecule has 2 N–H and O–H groups in total. The smallest absolute Gasteiger partial charge is 0.369 e. The zero-order valence-corrected chi connectivity index (χ0v) is 12.7. The van der Waals surface area contributed by atoms with Crippen molar-refractivity contribution in [1.29, 1.82) is 5.26 Å². The third-order valence-electron chi connectivity index (χ3n) is 3.38. The number of nitrogens with zero attached hydrogens (tertiary/aromatic N) is 3. The minimum atomic E-state index is -4.40. The average molecular weight is 339 g/mol. The molecule has 2 heterocycles. The van der Waals surface area contributed by atoms with E-state index < -0.39 is 17.8 Å². The van der Waals surface area contributed by atoms with Crippen LogP contribution in [-0.4, -0.2) is 48.0 Å². The lowest BCUT2D eigenvalue weighted by molar-refractivity contribution is -0.137. The first-order chi connectivity index (χ1) is 11.4. The highest BCUT2D eigenvalue weighted by molar-refractivity contribution is 5.79. The Morgan fingerprint density at radius 3 is 2.83 bits per heavy atom. The second kappa shape index (κ2) is 7.79. The molecule has 1 aliphatic rings. The van der Waals surface area contributed by atoms with Gasteiger partial charge in [0.15, 0.2) is 0 Å². The molecular weight excluding hydrogens is 323 g/mol. The number of hydrogen-bond acceptors (Lipinski definition) is 5. The minimum Gasteiger partial charge on any atom is -0.369 e. The number of pyridine rings is 1. The van der Waals surface area contributed by atoms with Gasteiger partial charge in [0.25, 0.3) is 0 Å². The highest BCUT2D eigenvalue weighted by atomic mass is 19.4. The van der Waals surface area contributed by atoms with Crippen molar-refractivity contribution < 1.29 is 18.0 Å². The van der Waals surface area contributed by atoms with Crippen LogP contribution in [0.5, 0.6) is 0 Å². The fourth-order valence-corrected chi connectivity index (χ4v) is 2.13. The average Bonchev–Trinajstić information content (AvgIpc) is 3.02. The summed E-state index contributed by atoms with van der Waals surface area (Å²) < 4.78 is 37.2. The quantitative estimate of drug-likeness (QED) is 0.605. The number of alkyl halides is 3. The lowest BCUT2D eigenvalue weighted by Crippen LogP contribution is -2.41. The summed E-state index contributed by atoms with van der Waals surface area (Å²) >= 11 is 0. The summed E-state index contributed by atoms with van der Waals surface area (Å²) in [6.07, 6.45) is -0.194. The van der Waals surface area contributed by atoms with Gasteiger partial charge in [0, 0.05) is 25.8 Å². The molecule has 0 saturated carbocycles. The first-order valence-corrected chi connectivity index (χ1v) is 7.25. The molecule has 0 bridgehead atoms. The van der Waals surface area contributed by atoms with E-state index in [1.807, 2.05) is 6.07 Å². The van der Waals surface area contributed by atoms with Gasteiger partial charge in [-0.25, -0.2) is 4.98 Å². The van der Waals surface area contributed by atoms with Crippen molar-refractivity contribution >= 4 is 11.7 Å². The molecule has 0 aromatic carbocycles. The molecule has 0 spiro atoms. The van der Waals surface area contributed by atoms with Crippen molar-refractivity contribution in [2.24, 2.45) is 0 Å². The molecule has 1 amide bonds. The van der Waals surface area contributed by atoms with Crippen molar-refractivity contribution in [3.63, 3.8) is 0 Å². The summed E-state index contributed by atoms with van der Waals surface area (Å²) in [6, 6.07) is 3.71. The van der Waals surface area contributed by atoms with E-state index in [4.69, 9.17) is 5.26 Å².